The van der Waals surface area contributed by atoms with E-state index in [1.807, 2.05) is 0 Å². The van der Waals surface area contributed by atoms with Crippen molar-refractivity contribution in [2.75, 3.05) is 39.6 Å². The lowest BCUT2D eigenvalue weighted by Gasteiger charge is -2.45. The van der Waals surface area contributed by atoms with Crippen LogP contribution in [0.3, 0.4) is 0 Å². The van der Waals surface area contributed by atoms with E-state index in [0.29, 0.717) is 12.8 Å². The third kappa shape index (κ3) is 11.8. The molecule has 458 valence electrons. The van der Waals surface area contributed by atoms with Gasteiger partial charge in [0.1, 0.15) is 44.3 Å². The Morgan fingerprint density at radius 3 is 0.875 bits per heavy atom. The number of rotatable bonds is 32. The second kappa shape index (κ2) is 25.0. The maximum atomic E-state index is 16.6. The number of carbonyl (C=O) groups excluding carboxylic acids is 1. The lowest BCUT2D eigenvalue weighted by atomic mass is 9.85. The fourth-order valence-corrected chi connectivity index (χ4v) is 10.1. The Balaban J connectivity index is 2.68. The molecule has 0 radical (unpaired) electrons. The SMILES string of the molecule is CCCOc1cc(OCCC)c(S(OC(=O)C(F)(F)C(F)(F)C(F)(F)C(F)(F)C(F)(F)C(F)(F)C(F)(F)C(F)(F)C(F)(F)C(F)(F)C(F)(F)F)(c2ccccc2)c2c(OCCC)cc(OCCC)cc2OCCC)c(OCCC)c1. The fourth-order valence-electron chi connectivity index (χ4n) is 6.69. The third-order valence-corrected chi connectivity index (χ3v) is 14.1. The lowest BCUT2D eigenvalue weighted by molar-refractivity contribution is -0.477. The van der Waals surface area contributed by atoms with E-state index in [1.54, 1.807) is 13.8 Å². The van der Waals surface area contributed by atoms with Gasteiger partial charge in [-0.3, -0.25) is 0 Å². The van der Waals surface area contributed by atoms with Gasteiger partial charge in [0.05, 0.1) is 39.6 Å². The third-order valence-electron chi connectivity index (χ3n) is 10.8. The van der Waals surface area contributed by atoms with Gasteiger partial charge in [0, 0.05) is 39.5 Å². The summed E-state index contributed by atoms with van der Waals surface area (Å²) < 4.78 is 378. The summed E-state index contributed by atoms with van der Waals surface area (Å²) in [5, 5.41) is 0. The van der Waals surface area contributed by atoms with E-state index in [9.17, 15) is 61.9 Å². The van der Waals surface area contributed by atoms with Crippen LogP contribution in [-0.2, 0) is 8.98 Å². The molecule has 0 bridgehead atoms. The van der Waals surface area contributed by atoms with Crippen LogP contribution in [0.1, 0.15) is 80.1 Å². The molecule has 3 aromatic rings. The summed E-state index contributed by atoms with van der Waals surface area (Å²) in [6, 6.07) is 8.99. The maximum Gasteiger partial charge on any atom is 0.460 e. The molecular weight excluding hydrogens is 1170 g/mol. The highest BCUT2D eigenvalue weighted by Gasteiger charge is 2.99. The quantitative estimate of drug-likeness (QED) is 0.0572. The van der Waals surface area contributed by atoms with Crippen molar-refractivity contribution in [2.45, 2.75) is 160 Å². The molecule has 0 aliphatic rings. The van der Waals surface area contributed by atoms with Crippen LogP contribution in [0.4, 0.5) is 101 Å². The first-order valence-corrected chi connectivity index (χ1v) is 25.3. The fraction of sp³-hybridized carbons (Fsp3) is 0.604. The van der Waals surface area contributed by atoms with Gasteiger partial charge in [-0.15, -0.1) is 0 Å². The second-order valence-electron chi connectivity index (χ2n) is 17.1. The highest BCUT2D eigenvalue weighted by molar-refractivity contribution is 8.30. The molecule has 0 saturated carbocycles. The van der Waals surface area contributed by atoms with Crippen LogP contribution < -0.4 is 28.4 Å². The Morgan fingerprint density at radius 2 is 0.613 bits per heavy atom. The number of halogens is 23. The summed E-state index contributed by atoms with van der Waals surface area (Å²) in [6.07, 6.45) is -7.46. The van der Waals surface area contributed by atoms with Gasteiger partial charge in [0.15, 0.2) is 0 Å². The smallest absolute Gasteiger partial charge is 0.460 e. The number of ether oxygens (including phenoxy) is 6. The molecule has 3 rings (SSSR count). The van der Waals surface area contributed by atoms with E-state index in [0.717, 1.165) is 48.5 Å². The molecule has 0 atom stereocenters. The van der Waals surface area contributed by atoms with Crippen molar-refractivity contribution in [3.8, 4) is 34.5 Å². The molecular formula is C48H51F23O8S. The van der Waals surface area contributed by atoms with Gasteiger partial charge in [-0.1, -0.05) is 59.7 Å². The zero-order valence-corrected chi connectivity index (χ0v) is 43.4. The minimum absolute atomic E-state index is 0.0422. The van der Waals surface area contributed by atoms with Crippen molar-refractivity contribution >= 4 is 16.3 Å². The van der Waals surface area contributed by atoms with Crippen LogP contribution in [0.2, 0.25) is 0 Å². The van der Waals surface area contributed by atoms with Crippen molar-refractivity contribution in [3.05, 3.63) is 54.6 Å². The number of hydrogen-bond donors (Lipinski definition) is 0. The first kappa shape index (κ1) is 68.9. The molecule has 0 aliphatic heterocycles. The van der Waals surface area contributed by atoms with Gasteiger partial charge in [-0.25, -0.2) is 4.79 Å². The lowest BCUT2D eigenvalue weighted by Crippen LogP contribution is -2.78. The monoisotopic (exact) mass is 1220 g/mol. The van der Waals surface area contributed by atoms with E-state index in [4.69, 9.17) is 32.6 Å². The first-order chi connectivity index (χ1) is 36.6. The summed E-state index contributed by atoms with van der Waals surface area (Å²) in [5.74, 6) is -99.0. The summed E-state index contributed by atoms with van der Waals surface area (Å²) in [4.78, 5) is 11.9. The van der Waals surface area contributed by atoms with Crippen LogP contribution in [0.5, 0.6) is 34.5 Å². The van der Waals surface area contributed by atoms with Gasteiger partial charge in [0.2, 0.25) is 0 Å². The van der Waals surface area contributed by atoms with E-state index in [2.05, 4.69) is 0 Å². The number of alkyl halides is 23. The van der Waals surface area contributed by atoms with Crippen LogP contribution in [0.25, 0.3) is 0 Å². The topological polar surface area (TPSA) is 81.7 Å². The van der Waals surface area contributed by atoms with Gasteiger partial charge in [-0.2, -0.15) is 101 Å². The molecule has 80 heavy (non-hydrogen) atoms. The van der Waals surface area contributed by atoms with E-state index in [-0.39, 0.29) is 50.4 Å². The Bertz CT molecular complexity index is 2390. The normalized spacial score (nSPS) is 14.2. The molecule has 0 aromatic heterocycles. The zero-order valence-electron chi connectivity index (χ0n) is 42.5. The minimum atomic E-state index is -9.66. The van der Waals surface area contributed by atoms with E-state index < -0.39 is 146 Å². The molecule has 0 fully saturated rings. The molecule has 0 spiro atoms. The Hall–Kier alpha value is -5.33. The largest absolute Gasteiger partial charge is 0.493 e. The average molecular weight is 1220 g/mol. The second-order valence-corrected chi connectivity index (χ2v) is 19.6. The number of hydrogen-bond acceptors (Lipinski definition) is 8. The maximum absolute atomic E-state index is 16.6. The molecule has 0 unspecified atom stereocenters. The molecule has 3 aromatic carbocycles. The van der Waals surface area contributed by atoms with Crippen LogP contribution >= 0.6 is 10.3 Å². The predicted molar refractivity (Wildman–Crippen MR) is 238 cm³/mol. The van der Waals surface area contributed by atoms with Gasteiger partial charge >= 0.3 is 71.4 Å². The highest BCUT2D eigenvalue weighted by Crippen LogP contribution is 2.78. The van der Waals surface area contributed by atoms with Crippen molar-refractivity contribution in [2.24, 2.45) is 0 Å². The van der Waals surface area contributed by atoms with Crippen LogP contribution in [-0.4, -0.2) is 111 Å². The summed E-state index contributed by atoms with van der Waals surface area (Å²) in [6.45, 7) is 7.40. The van der Waals surface area contributed by atoms with Crippen LogP contribution in [0, 0.1) is 0 Å². The molecule has 0 heterocycles. The molecule has 8 nitrogen and oxygen atoms in total. The van der Waals surface area contributed by atoms with Gasteiger partial charge in [0.25, 0.3) is 0 Å². The Kier molecular flexibility index (Phi) is 21.6. The van der Waals surface area contributed by atoms with E-state index >= 15 is 43.9 Å². The van der Waals surface area contributed by atoms with Crippen molar-refractivity contribution < 1.29 is 138 Å². The summed E-state index contributed by atoms with van der Waals surface area (Å²) >= 11 is 0. The van der Waals surface area contributed by atoms with Crippen LogP contribution in [0.15, 0.2) is 69.3 Å². The molecule has 32 heteroatoms. The molecule has 0 saturated heterocycles. The van der Waals surface area contributed by atoms with Gasteiger partial charge in [-0.05, 0) is 50.7 Å². The molecule has 0 aliphatic carbocycles. The number of benzene rings is 3. The average Bonchev–Trinajstić information content (AvgIpc) is 3.37. The molecule has 0 amide bonds. The first-order valence-electron chi connectivity index (χ1n) is 23.7. The predicted octanol–water partition coefficient (Wildman–Crippen LogP) is 17.1. The zero-order chi connectivity index (χ0) is 61.6. The van der Waals surface area contributed by atoms with Crippen molar-refractivity contribution in [1.82, 2.24) is 0 Å². The minimum Gasteiger partial charge on any atom is -0.493 e. The highest BCUT2D eigenvalue weighted by atomic mass is 32.3. The van der Waals surface area contributed by atoms with Crippen molar-refractivity contribution in [3.63, 3.8) is 0 Å². The number of carbonyl (C=O) groups is 1. The van der Waals surface area contributed by atoms with Gasteiger partial charge < -0.3 is 32.6 Å². The van der Waals surface area contributed by atoms with Crippen molar-refractivity contribution in [1.29, 1.82) is 0 Å². The molecule has 0 N–H and O–H groups in total. The standard InChI is InChI=1S/C48H51F23O8S/c1-7-18-73-28-24-31(75-20-9-3)35(32(25-28)76-21-10-4)80(30-16-14-13-15-17-30,36-33(77-22-11-5)26-29(74-19-8-2)27-34(36)78-23-12-6)79-37(72)38(49,50)39(51,52)40(53,54)41(55,56)42(57,58)43(59,60)44(61,62)45(63,64)46(65,66)47(67,68)48(69,70)71/h13-17,24-27H,7-12,18-23H2,1-6H3. The Morgan fingerprint density at radius 1 is 0.362 bits per heavy atom. The Labute approximate surface area is 443 Å². The summed E-state index contributed by atoms with van der Waals surface area (Å²) in [5.41, 5.74) is 0. The summed E-state index contributed by atoms with van der Waals surface area (Å²) in [7, 11) is -5.27. The van der Waals surface area contributed by atoms with E-state index in [1.165, 1.54) is 33.8 Å².